The summed E-state index contributed by atoms with van der Waals surface area (Å²) in [6.45, 7) is 2.86. The molecule has 1 amide bonds. The van der Waals surface area contributed by atoms with Crippen LogP contribution in [0.25, 0.3) is 12.2 Å². The van der Waals surface area contributed by atoms with Crippen molar-refractivity contribution in [1.82, 2.24) is 9.78 Å². The molecule has 1 aromatic heterocycles. The lowest BCUT2D eigenvalue weighted by atomic mass is 9.78. The summed E-state index contributed by atoms with van der Waals surface area (Å²) in [6.07, 6.45) is 15.2. The summed E-state index contributed by atoms with van der Waals surface area (Å²) in [5, 5.41) is 14.3. The monoisotopic (exact) mass is 541 g/mol. The second-order valence-electron chi connectivity index (χ2n) is 11.8. The standard InChI is InChI=1S/C34H43N3O3/c1-24-19-30(15-18-33(24)40-3)28-11-9-26(10-12-28)23-37(34(39)29-13-16-32(38)17-14-29)31-6-4-5-25(20-31)7-8-27-21-35-36(2)22-27/h4-8,15,18-22,26,28-29,32,38H,9-14,16-17,23H2,1-3H3. The number of carbonyl (C=O) groups is 1. The maximum Gasteiger partial charge on any atom is 0.230 e. The smallest absolute Gasteiger partial charge is 0.230 e. The van der Waals surface area contributed by atoms with Gasteiger partial charge in [0.2, 0.25) is 5.91 Å². The van der Waals surface area contributed by atoms with Crippen LogP contribution in [0.5, 0.6) is 5.75 Å². The van der Waals surface area contributed by atoms with E-state index in [1.807, 2.05) is 25.5 Å². The molecule has 2 aliphatic rings. The number of methoxy groups -OCH3 is 1. The largest absolute Gasteiger partial charge is 0.496 e. The molecule has 0 bridgehead atoms. The topological polar surface area (TPSA) is 67.6 Å². The van der Waals surface area contributed by atoms with E-state index in [9.17, 15) is 9.90 Å². The number of hydrogen-bond acceptors (Lipinski definition) is 4. The summed E-state index contributed by atoms with van der Waals surface area (Å²) in [5.41, 5.74) is 5.67. The highest BCUT2D eigenvalue weighted by atomic mass is 16.5. The lowest BCUT2D eigenvalue weighted by molar-refractivity contribution is -0.124. The normalized spacial score (nSPS) is 23.3. The molecular formula is C34H43N3O3. The molecule has 6 heteroatoms. The van der Waals surface area contributed by atoms with Crippen molar-refractivity contribution in [2.45, 2.75) is 70.3 Å². The van der Waals surface area contributed by atoms with Crippen LogP contribution in [0.4, 0.5) is 5.69 Å². The van der Waals surface area contributed by atoms with Gasteiger partial charge in [-0.25, -0.2) is 0 Å². The molecule has 0 aliphatic heterocycles. The molecule has 0 saturated heterocycles. The maximum absolute atomic E-state index is 14.0. The van der Waals surface area contributed by atoms with Crippen molar-refractivity contribution in [2.24, 2.45) is 18.9 Å². The van der Waals surface area contributed by atoms with Gasteiger partial charge in [-0.3, -0.25) is 9.48 Å². The van der Waals surface area contributed by atoms with Crippen LogP contribution in [0.1, 0.15) is 79.5 Å². The van der Waals surface area contributed by atoms with Crippen LogP contribution in [0.2, 0.25) is 0 Å². The van der Waals surface area contributed by atoms with E-state index < -0.39 is 0 Å². The number of anilines is 1. The van der Waals surface area contributed by atoms with Crippen LogP contribution in [0, 0.1) is 18.8 Å². The van der Waals surface area contributed by atoms with Gasteiger partial charge in [-0.05, 0) is 105 Å². The Hall–Kier alpha value is -3.38. The Balaban J connectivity index is 1.31. The predicted molar refractivity (Wildman–Crippen MR) is 161 cm³/mol. The van der Waals surface area contributed by atoms with Crippen molar-refractivity contribution in [3.05, 3.63) is 77.1 Å². The minimum Gasteiger partial charge on any atom is -0.496 e. The van der Waals surface area contributed by atoms with Crippen molar-refractivity contribution in [3.8, 4) is 5.75 Å². The number of benzene rings is 2. The molecule has 0 radical (unpaired) electrons. The minimum atomic E-state index is -0.268. The summed E-state index contributed by atoms with van der Waals surface area (Å²) in [6, 6.07) is 14.9. The summed E-state index contributed by atoms with van der Waals surface area (Å²) < 4.78 is 7.25. The highest BCUT2D eigenvalue weighted by molar-refractivity contribution is 5.95. The first-order valence-corrected chi connectivity index (χ1v) is 14.8. The van der Waals surface area contributed by atoms with E-state index in [-0.39, 0.29) is 17.9 Å². The molecule has 1 heterocycles. The molecule has 40 heavy (non-hydrogen) atoms. The van der Waals surface area contributed by atoms with Gasteiger partial charge in [-0.2, -0.15) is 5.10 Å². The summed E-state index contributed by atoms with van der Waals surface area (Å²) in [7, 11) is 3.64. The molecule has 5 rings (SSSR count). The molecule has 2 fully saturated rings. The van der Waals surface area contributed by atoms with E-state index in [1.165, 1.54) is 11.1 Å². The molecule has 212 valence electrons. The van der Waals surface area contributed by atoms with Gasteiger partial charge >= 0.3 is 0 Å². The van der Waals surface area contributed by atoms with Crippen LogP contribution >= 0.6 is 0 Å². The van der Waals surface area contributed by atoms with Crippen molar-refractivity contribution < 1.29 is 14.6 Å². The third-order valence-electron chi connectivity index (χ3n) is 8.86. The third kappa shape index (κ3) is 6.84. The molecule has 2 saturated carbocycles. The Morgan fingerprint density at radius 2 is 1.77 bits per heavy atom. The first-order valence-electron chi connectivity index (χ1n) is 14.8. The number of rotatable bonds is 8. The number of amides is 1. The first-order chi connectivity index (χ1) is 19.4. The predicted octanol–water partition coefficient (Wildman–Crippen LogP) is 6.77. The Kier molecular flexibility index (Phi) is 9.05. The number of aryl methyl sites for hydroxylation is 2. The fraction of sp³-hybridized carbons (Fsp3) is 0.471. The Labute approximate surface area is 238 Å². The maximum atomic E-state index is 14.0. The lowest BCUT2D eigenvalue weighted by Gasteiger charge is -2.36. The van der Waals surface area contributed by atoms with Gasteiger partial charge in [0.1, 0.15) is 5.75 Å². The lowest BCUT2D eigenvalue weighted by Crippen LogP contribution is -2.41. The van der Waals surface area contributed by atoms with Gasteiger partial charge in [0, 0.05) is 37.0 Å². The second-order valence-corrected chi connectivity index (χ2v) is 11.8. The number of aliphatic hydroxyl groups excluding tert-OH is 1. The van der Waals surface area contributed by atoms with E-state index >= 15 is 0 Å². The van der Waals surface area contributed by atoms with Crippen LogP contribution < -0.4 is 9.64 Å². The molecule has 2 aromatic carbocycles. The first kappa shape index (κ1) is 28.2. The Morgan fingerprint density at radius 3 is 2.45 bits per heavy atom. The number of nitrogens with zero attached hydrogens (tertiary/aromatic N) is 3. The second kappa shape index (κ2) is 12.9. The average Bonchev–Trinajstić information content (AvgIpc) is 3.40. The number of aromatic nitrogens is 2. The fourth-order valence-corrected chi connectivity index (χ4v) is 6.47. The Bertz CT molecular complexity index is 1310. The number of aliphatic hydroxyl groups is 1. The average molecular weight is 542 g/mol. The quantitative estimate of drug-likeness (QED) is 0.342. The Morgan fingerprint density at radius 1 is 1.02 bits per heavy atom. The van der Waals surface area contributed by atoms with E-state index in [1.54, 1.807) is 11.8 Å². The van der Waals surface area contributed by atoms with Gasteiger partial charge in [0.25, 0.3) is 0 Å². The number of ether oxygens (including phenoxy) is 1. The number of carbonyl (C=O) groups excluding carboxylic acids is 1. The molecule has 1 N–H and O–H groups in total. The molecule has 0 atom stereocenters. The van der Waals surface area contributed by atoms with Crippen molar-refractivity contribution >= 4 is 23.7 Å². The van der Waals surface area contributed by atoms with Crippen molar-refractivity contribution in [3.63, 3.8) is 0 Å². The minimum absolute atomic E-state index is 0.0170. The highest BCUT2D eigenvalue weighted by Crippen LogP contribution is 2.38. The van der Waals surface area contributed by atoms with E-state index in [2.05, 4.69) is 65.5 Å². The zero-order valence-corrected chi connectivity index (χ0v) is 24.1. The highest BCUT2D eigenvalue weighted by Gasteiger charge is 2.32. The molecule has 2 aliphatic carbocycles. The van der Waals surface area contributed by atoms with E-state index in [4.69, 9.17) is 4.74 Å². The zero-order chi connectivity index (χ0) is 28.1. The van der Waals surface area contributed by atoms with Crippen molar-refractivity contribution in [1.29, 1.82) is 0 Å². The van der Waals surface area contributed by atoms with Gasteiger partial charge in [-0.1, -0.05) is 36.4 Å². The van der Waals surface area contributed by atoms with E-state index in [0.29, 0.717) is 24.7 Å². The fourth-order valence-electron chi connectivity index (χ4n) is 6.47. The molecule has 3 aromatic rings. The van der Waals surface area contributed by atoms with Crippen LogP contribution in [0.15, 0.2) is 54.9 Å². The third-order valence-corrected chi connectivity index (χ3v) is 8.86. The SMILES string of the molecule is COc1ccc(C2CCC(CN(C(=O)C3CCC(O)CC3)c3cccc(C=Cc4cnn(C)c4)c3)CC2)cc1C. The van der Waals surface area contributed by atoms with Gasteiger partial charge in [0.15, 0.2) is 0 Å². The molecule has 0 spiro atoms. The summed E-state index contributed by atoms with van der Waals surface area (Å²) >= 11 is 0. The molecule has 6 nitrogen and oxygen atoms in total. The van der Waals surface area contributed by atoms with Crippen LogP contribution in [-0.2, 0) is 11.8 Å². The summed E-state index contributed by atoms with van der Waals surface area (Å²) in [4.78, 5) is 16.0. The van der Waals surface area contributed by atoms with Crippen LogP contribution in [-0.4, -0.2) is 40.6 Å². The van der Waals surface area contributed by atoms with Gasteiger partial charge < -0.3 is 14.7 Å². The van der Waals surface area contributed by atoms with E-state index in [0.717, 1.165) is 67.6 Å². The molecule has 0 unspecified atom stereocenters. The van der Waals surface area contributed by atoms with Crippen LogP contribution in [0.3, 0.4) is 0 Å². The van der Waals surface area contributed by atoms with Gasteiger partial charge in [-0.15, -0.1) is 0 Å². The number of hydrogen-bond donors (Lipinski definition) is 1. The zero-order valence-electron chi connectivity index (χ0n) is 24.1. The van der Waals surface area contributed by atoms with Gasteiger partial charge in [0.05, 0.1) is 19.4 Å². The van der Waals surface area contributed by atoms with Crippen molar-refractivity contribution in [2.75, 3.05) is 18.6 Å². The summed E-state index contributed by atoms with van der Waals surface area (Å²) in [5.74, 6) is 2.18. The molecular weight excluding hydrogens is 498 g/mol.